The molecule has 86 valence electrons. The Hall–Kier alpha value is -1.14. The number of carbonyl (C=O) groups excluding carboxylic acids is 2. The lowest BCUT2D eigenvalue weighted by atomic mass is 10.5. The van der Waals surface area contributed by atoms with Gasteiger partial charge in [0.25, 0.3) is 0 Å². The minimum atomic E-state index is -0.808. The van der Waals surface area contributed by atoms with Gasteiger partial charge >= 0.3 is 6.03 Å². The van der Waals surface area contributed by atoms with Crippen LogP contribution in [0.3, 0.4) is 0 Å². The predicted octanol–water partition coefficient (Wildman–Crippen LogP) is -1.13. The molecule has 1 saturated carbocycles. The molecule has 0 heterocycles. The van der Waals surface area contributed by atoms with Crippen LogP contribution in [-0.4, -0.2) is 49.6 Å². The number of hydrogen-bond donors (Lipinski definition) is 3. The number of urea groups is 1. The maximum Gasteiger partial charge on any atom is 0.318 e. The van der Waals surface area contributed by atoms with Crippen molar-refractivity contribution in [2.45, 2.75) is 18.9 Å². The van der Waals surface area contributed by atoms with Crippen molar-refractivity contribution in [3.63, 3.8) is 0 Å². The lowest BCUT2D eigenvalue weighted by molar-refractivity contribution is -0.119. The highest BCUT2D eigenvalue weighted by atomic mass is 16.2. The van der Waals surface area contributed by atoms with Crippen LogP contribution in [0.5, 0.6) is 0 Å². The third-order valence-corrected chi connectivity index (χ3v) is 2.36. The fraction of sp³-hybridized carbons (Fsp3) is 0.778. The van der Waals surface area contributed by atoms with E-state index in [1.165, 1.54) is 12.8 Å². The average Bonchev–Trinajstić information content (AvgIpc) is 2.93. The molecule has 0 atom stereocenters. The van der Waals surface area contributed by atoms with Crippen LogP contribution >= 0.6 is 0 Å². The first-order valence-corrected chi connectivity index (χ1v) is 5.10. The molecular formula is C9H18N4O2. The van der Waals surface area contributed by atoms with Crippen LogP contribution in [0, 0.1) is 0 Å². The van der Waals surface area contributed by atoms with Gasteiger partial charge < -0.3 is 16.0 Å². The molecule has 1 fully saturated rings. The lowest BCUT2D eigenvalue weighted by Crippen LogP contribution is -2.42. The molecule has 1 rings (SSSR count). The lowest BCUT2D eigenvalue weighted by Gasteiger charge is -2.15. The van der Waals surface area contributed by atoms with E-state index in [-0.39, 0.29) is 6.54 Å². The standard InChI is InChI=1S/C9H18N4O2/c1-13(7-2-3-7)5-4-11-6-8(14)12-9(10)15/h7,11H,2-6H2,1H3,(H3,10,12,14,15). The number of rotatable bonds is 6. The van der Waals surface area contributed by atoms with Gasteiger partial charge in [-0.15, -0.1) is 0 Å². The van der Waals surface area contributed by atoms with E-state index in [1.807, 2.05) is 5.32 Å². The van der Waals surface area contributed by atoms with Gasteiger partial charge in [0.1, 0.15) is 0 Å². The minimum Gasteiger partial charge on any atom is -0.351 e. The highest BCUT2D eigenvalue weighted by Crippen LogP contribution is 2.24. The van der Waals surface area contributed by atoms with E-state index in [9.17, 15) is 9.59 Å². The second kappa shape index (κ2) is 5.67. The van der Waals surface area contributed by atoms with E-state index >= 15 is 0 Å². The number of likely N-dealkylation sites (N-methyl/N-ethyl adjacent to an activating group) is 1. The Morgan fingerprint density at radius 3 is 2.67 bits per heavy atom. The van der Waals surface area contributed by atoms with Gasteiger partial charge in [0, 0.05) is 19.1 Å². The summed E-state index contributed by atoms with van der Waals surface area (Å²) in [6, 6.07) is -0.0804. The van der Waals surface area contributed by atoms with Gasteiger partial charge in [-0.2, -0.15) is 0 Å². The Labute approximate surface area is 89.2 Å². The van der Waals surface area contributed by atoms with E-state index in [1.54, 1.807) is 0 Å². The van der Waals surface area contributed by atoms with Gasteiger partial charge in [-0.05, 0) is 19.9 Å². The summed E-state index contributed by atoms with van der Waals surface area (Å²) in [5.41, 5.74) is 4.79. The largest absolute Gasteiger partial charge is 0.351 e. The Bertz CT molecular complexity index is 240. The van der Waals surface area contributed by atoms with Crippen LogP contribution in [-0.2, 0) is 4.79 Å². The van der Waals surface area contributed by atoms with Crippen LogP contribution in [0.15, 0.2) is 0 Å². The Kier molecular flexibility index (Phi) is 4.51. The minimum absolute atomic E-state index is 0.126. The molecule has 0 aromatic heterocycles. The molecule has 0 unspecified atom stereocenters. The summed E-state index contributed by atoms with van der Waals surface area (Å²) >= 11 is 0. The number of hydrogen-bond acceptors (Lipinski definition) is 4. The number of nitrogens with zero attached hydrogens (tertiary/aromatic N) is 1. The van der Waals surface area contributed by atoms with E-state index in [0.29, 0.717) is 0 Å². The van der Waals surface area contributed by atoms with Gasteiger partial charge in [0.15, 0.2) is 0 Å². The first-order chi connectivity index (χ1) is 7.09. The molecule has 3 amide bonds. The number of nitrogens with two attached hydrogens (primary N) is 1. The zero-order valence-electron chi connectivity index (χ0n) is 8.95. The molecule has 6 heteroatoms. The zero-order chi connectivity index (χ0) is 11.3. The SMILES string of the molecule is CN(CCNCC(=O)NC(N)=O)C1CC1. The summed E-state index contributed by atoms with van der Waals surface area (Å²) in [6.07, 6.45) is 2.55. The Morgan fingerprint density at radius 1 is 1.47 bits per heavy atom. The predicted molar refractivity (Wildman–Crippen MR) is 56.2 cm³/mol. The normalized spacial score (nSPS) is 15.3. The quantitative estimate of drug-likeness (QED) is 0.488. The third-order valence-electron chi connectivity index (χ3n) is 2.36. The van der Waals surface area contributed by atoms with Crippen LogP contribution in [0.25, 0.3) is 0 Å². The van der Waals surface area contributed by atoms with Gasteiger partial charge in [-0.3, -0.25) is 10.1 Å². The van der Waals surface area contributed by atoms with Crippen molar-refractivity contribution in [1.29, 1.82) is 0 Å². The van der Waals surface area contributed by atoms with Crippen molar-refractivity contribution < 1.29 is 9.59 Å². The summed E-state index contributed by atoms with van der Waals surface area (Å²) in [7, 11) is 2.07. The van der Waals surface area contributed by atoms with E-state index in [2.05, 4.69) is 17.3 Å². The molecule has 0 saturated heterocycles. The summed E-state index contributed by atoms with van der Waals surface area (Å²) in [6.45, 7) is 1.77. The van der Waals surface area contributed by atoms with Crippen LogP contribution in [0.2, 0.25) is 0 Å². The number of carbonyl (C=O) groups is 2. The van der Waals surface area contributed by atoms with Crippen molar-refractivity contribution in [2.24, 2.45) is 5.73 Å². The van der Waals surface area contributed by atoms with Crippen molar-refractivity contribution in [2.75, 3.05) is 26.7 Å². The number of imide groups is 1. The van der Waals surface area contributed by atoms with E-state index in [0.717, 1.165) is 19.1 Å². The second-order valence-corrected chi connectivity index (χ2v) is 3.80. The highest BCUT2D eigenvalue weighted by molar-refractivity contribution is 5.94. The maximum absolute atomic E-state index is 11.0. The maximum atomic E-state index is 11.0. The molecule has 0 spiro atoms. The van der Waals surface area contributed by atoms with Crippen LogP contribution in [0.1, 0.15) is 12.8 Å². The average molecular weight is 214 g/mol. The summed E-state index contributed by atoms with van der Waals surface area (Å²) in [5, 5.41) is 4.93. The molecule has 0 aliphatic heterocycles. The Morgan fingerprint density at radius 2 is 2.13 bits per heavy atom. The molecule has 15 heavy (non-hydrogen) atoms. The molecule has 4 N–H and O–H groups in total. The molecule has 0 bridgehead atoms. The number of nitrogens with one attached hydrogen (secondary N) is 2. The fourth-order valence-electron chi connectivity index (χ4n) is 1.34. The number of primary amides is 1. The first-order valence-electron chi connectivity index (χ1n) is 5.10. The van der Waals surface area contributed by atoms with Gasteiger partial charge in [0.2, 0.25) is 5.91 Å². The topological polar surface area (TPSA) is 87.5 Å². The molecular weight excluding hydrogens is 196 g/mol. The van der Waals surface area contributed by atoms with E-state index in [4.69, 9.17) is 5.73 Å². The monoisotopic (exact) mass is 214 g/mol. The van der Waals surface area contributed by atoms with Gasteiger partial charge in [0.05, 0.1) is 6.54 Å². The van der Waals surface area contributed by atoms with Crippen LogP contribution in [0.4, 0.5) is 4.79 Å². The smallest absolute Gasteiger partial charge is 0.318 e. The van der Waals surface area contributed by atoms with Crippen molar-refractivity contribution in [1.82, 2.24) is 15.5 Å². The zero-order valence-corrected chi connectivity index (χ0v) is 8.95. The molecule has 0 radical (unpaired) electrons. The van der Waals surface area contributed by atoms with Crippen molar-refractivity contribution >= 4 is 11.9 Å². The first kappa shape index (κ1) is 11.9. The summed E-state index contributed by atoms with van der Waals surface area (Å²) in [5.74, 6) is -0.392. The van der Waals surface area contributed by atoms with Crippen molar-refractivity contribution in [3.05, 3.63) is 0 Å². The fourth-order valence-corrected chi connectivity index (χ4v) is 1.34. The summed E-state index contributed by atoms with van der Waals surface area (Å²) < 4.78 is 0. The van der Waals surface area contributed by atoms with Gasteiger partial charge in [-0.25, -0.2) is 4.79 Å². The second-order valence-electron chi connectivity index (χ2n) is 3.80. The highest BCUT2D eigenvalue weighted by Gasteiger charge is 2.25. The van der Waals surface area contributed by atoms with Gasteiger partial charge in [-0.1, -0.05) is 0 Å². The van der Waals surface area contributed by atoms with Crippen molar-refractivity contribution in [3.8, 4) is 0 Å². The Balaban J connectivity index is 1.95. The summed E-state index contributed by atoms with van der Waals surface area (Å²) in [4.78, 5) is 23.5. The molecule has 0 aromatic rings. The number of amides is 3. The molecule has 1 aliphatic rings. The van der Waals surface area contributed by atoms with E-state index < -0.39 is 11.9 Å². The van der Waals surface area contributed by atoms with Crippen LogP contribution < -0.4 is 16.4 Å². The third kappa shape index (κ3) is 5.34. The molecule has 1 aliphatic carbocycles. The molecule has 6 nitrogen and oxygen atoms in total. The molecule has 0 aromatic carbocycles.